The first-order valence-corrected chi connectivity index (χ1v) is 9.83. The summed E-state index contributed by atoms with van der Waals surface area (Å²) in [5, 5.41) is 3.81. The van der Waals surface area contributed by atoms with Gasteiger partial charge in [0.15, 0.2) is 0 Å². The number of nitrogens with one attached hydrogen (secondary N) is 2. The predicted molar refractivity (Wildman–Crippen MR) is 101 cm³/mol. The normalized spacial score (nSPS) is 11.2. The molecule has 0 atom stereocenters. The van der Waals surface area contributed by atoms with Crippen molar-refractivity contribution >= 4 is 50.0 Å². The summed E-state index contributed by atoms with van der Waals surface area (Å²) in [6.07, 6.45) is 0. The van der Waals surface area contributed by atoms with Gasteiger partial charge in [-0.1, -0.05) is 23.7 Å². The Kier molecular flexibility index (Phi) is 4.80. The summed E-state index contributed by atoms with van der Waals surface area (Å²) in [5.74, 6) is 0. The van der Waals surface area contributed by atoms with E-state index in [1.165, 1.54) is 11.3 Å². The van der Waals surface area contributed by atoms with Crippen molar-refractivity contribution in [2.75, 3.05) is 10.0 Å². The minimum Gasteiger partial charge on any atom is -0.354 e. The number of rotatable bonds is 5. The van der Waals surface area contributed by atoms with Crippen LogP contribution in [-0.2, 0) is 10.0 Å². The van der Waals surface area contributed by atoms with Crippen LogP contribution in [0.5, 0.6) is 0 Å². The molecule has 4 nitrogen and oxygen atoms in total. The highest BCUT2D eigenvalue weighted by atomic mass is 35.5. The molecule has 124 valence electrons. The average Bonchev–Trinajstić information content (AvgIpc) is 2.99. The minimum atomic E-state index is -3.54. The molecule has 0 aliphatic rings. The summed E-state index contributed by atoms with van der Waals surface area (Å²) in [5.41, 5.74) is 2.12. The number of benzene rings is 2. The van der Waals surface area contributed by atoms with Crippen molar-refractivity contribution in [1.29, 1.82) is 0 Å². The maximum atomic E-state index is 12.3. The average molecular weight is 379 g/mol. The summed E-state index contributed by atoms with van der Waals surface area (Å²) in [7, 11) is -3.54. The van der Waals surface area contributed by atoms with Crippen LogP contribution in [0, 0.1) is 6.92 Å². The highest BCUT2D eigenvalue weighted by Crippen LogP contribution is 2.27. The SMILES string of the molecule is Cc1ccc(S(=O)(=O)Nc2ccc(Nc3ccccc3Cl)cc2)s1. The van der Waals surface area contributed by atoms with Gasteiger partial charge in [0.25, 0.3) is 10.0 Å². The summed E-state index contributed by atoms with van der Waals surface area (Å²) in [6, 6.07) is 17.8. The van der Waals surface area contributed by atoms with Gasteiger partial charge in [0.2, 0.25) is 0 Å². The van der Waals surface area contributed by atoms with Gasteiger partial charge in [0, 0.05) is 16.3 Å². The van der Waals surface area contributed by atoms with Gasteiger partial charge in [0.1, 0.15) is 4.21 Å². The van der Waals surface area contributed by atoms with Crippen molar-refractivity contribution in [3.63, 3.8) is 0 Å². The maximum absolute atomic E-state index is 12.3. The topological polar surface area (TPSA) is 58.2 Å². The number of para-hydroxylation sites is 1. The lowest BCUT2D eigenvalue weighted by molar-refractivity contribution is 0.603. The molecular formula is C17H15ClN2O2S2. The van der Waals surface area contributed by atoms with Gasteiger partial charge >= 0.3 is 0 Å². The third-order valence-electron chi connectivity index (χ3n) is 3.27. The highest BCUT2D eigenvalue weighted by molar-refractivity contribution is 7.94. The first-order valence-electron chi connectivity index (χ1n) is 7.15. The first-order chi connectivity index (χ1) is 11.4. The first kappa shape index (κ1) is 16.8. The fourth-order valence-corrected chi connectivity index (χ4v) is 4.63. The van der Waals surface area contributed by atoms with Gasteiger partial charge in [-0.25, -0.2) is 8.42 Å². The van der Waals surface area contributed by atoms with Crippen molar-refractivity contribution in [2.24, 2.45) is 0 Å². The Labute approximate surface area is 150 Å². The summed E-state index contributed by atoms with van der Waals surface area (Å²) >= 11 is 7.35. The maximum Gasteiger partial charge on any atom is 0.271 e. The van der Waals surface area contributed by atoms with Crippen LogP contribution < -0.4 is 10.0 Å². The number of anilines is 3. The van der Waals surface area contributed by atoms with E-state index in [-0.39, 0.29) is 0 Å². The molecule has 2 N–H and O–H groups in total. The monoisotopic (exact) mass is 378 g/mol. The standard InChI is InChI=1S/C17H15ClN2O2S2/c1-12-6-11-17(23-12)24(21,22)20-14-9-7-13(8-10-14)19-16-5-3-2-4-15(16)18/h2-11,19-20H,1H3. The molecule has 0 amide bonds. The van der Waals surface area contributed by atoms with E-state index in [9.17, 15) is 8.42 Å². The van der Waals surface area contributed by atoms with Gasteiger partial charge in [-0.2, -0.15) is 0 Å². The molecule has 7 heteroatoms. The molecule has 0 radical (unpaired) electrons. The van der Waals surface area contributed by atoms with Crippen molar-refractivity contribution in [1.82, 2.24) is 0 Å². The summed E-state index contributed by atoms with van der Waals surface area (Å²) in [4.78, 5) is 0.953. The van der Waals surface area contributed by atoms with E-state index in [4.69, 9.17) is 11.6 Å². The largest absolute Gasteiger partial charge is 0.354 e. The molecule has 0 unspecified atom stereocenters. The molecule has 0 fully saturated rings. The molecular weight excluding hydrogens is 364 g/mol. The Bertz CT molecular complexity index is 951. The van der Waals surface area contributed by atoms with Gasteiger partial charge < -0.3 is 5.32 Å². The van der Waals surface area contributed by atoms with Crippen molar-refractivity contribution < 1.29 is 8.42 Å². The van der Waals surface area contributed by atoms with Gasteiger partial charge in [-0.3, -0.25) is 4.72 Å². The van der Waals surface area contributed by atoms with E-state index in [1.54, 1.807) is 42.5 Å². The zero-order valence-electron chi connectivity index (χ0n) is 12.8. The smallest absolute Gasteiger partial charge is 0.271 e. The lowest BCUT2D eigenvalue weighted by atomic mass is 10.2. The van der Waals surface area contributed by atoms with Gasteiger partial charge in [-0.05, 0) is 55.5 Å². The van der Waals surface area contributed by atoms with Crippen LogP contribution in [-0.4, -0.2) is 8.42 Å². The third-order valence-corrected chi connectivity index (χ3v) is 6.47. The summed E-state index contributed by atoms with van der Waals surface area (Å²) in [6.45, 7) is 1.87. The number of hydrogen-bond acceptors (Lipinski definition) is 4. The minimum absolute atomic E-state index is 0.304. The van der Waals surface area contributed by atoms with Crippen LogP contribution in [0.1, 0.15) is 4.88 Å². The van der Waals surface area contributed by atoms with Crippen molar-refractivity contribution in [3.05, 3.63) is 70.6 Å². The Morgan fingerprint density at radius 1 is 0.917 bits per heavy atom. The highest BCUT2D eigenvalue weighted by Gasteiger charge is 2.16. The zero-order chi connectivity index (χ0) is 17.2. The third kappa shape index (κ3) is 3.90. The van der Waals surface area contributed by atoms with Crippen LogP contribution in [0.25, 0.3) is 0 Å². The predicted octanol–water partition coefficient (Wildman–Crippen LogP) is 5.25. The molecule has 2 aromatic carbocycles. The Morgan fingerprint density at radius 3 is 2.21 bits per heavy atom. The molecule has 0 aliphatic carbocycles. The van der Waals surface area contributed by atoms with E-state index in [0.717, 1.165) is 16.3 Å². The lowest BCUT2D eigenvalue weighted by Crippen LogP contribution is -2.11. The number of hydrogen-bond donors (Lipinski definition) is 2. The van der Waals surface area contributed by atoms with Crippen LogP contribution in [0.2, 0.25) is 5.02 Å². The molecule has 24 heavy (non-hydrogen) atoms. The summed E-state index contributed by atoms with van der Waals surface area (Å²) < 4.78 is 27.5. The Balaban J connectivity index is 1.74. The number of aryl methyl sites for hydroxylation is 1. The molecule has 3 aromatic rings. The fraction of sp³-hybridized carbons (Fsp3) is 0.0588. The van der Waals surface area contributed by atoms with Crippen LogP contribution >= 0.6 is 22.9 Å². The van der Waals surface area contributed by atoms with Gasteiger partial charge in [0.05, 0.1) is 10.7 Å². The molecule has 0 saturated heterocycles. The number of halogens is 1. The fourth-order valence-electron chi connectivity index (χ4n) is 2.10. The second kappa shape index (κ2) is 6.84. The quantitative estimate of drug-likeness (QED) is 0.637. The van der Waals surface area contributed by atoms with Crippen molar-refractivity contribution in [2.45, 2.75) is 11.1 Å². The molecule has 0 bridgehead atoms. The Hall–Kier alpha value is -2.02. The second-order valence-corrected chi connectivity index (χ2v) is 8.76. The Morgan fingerprint density at radius 2 is 1.58 bits per heavy atom. The van der Waals surface area contributed by atoms with E-state index in [0.29, 0.717) is 14.9 Å². The van der Waals surface area contributed by atoms with Crippen LogP contribution in [0.3, 0.4) is 0 Å². The lowest BCUT2D eigenvalue weighted by Gasteiger charge is -2.10. The zero-order valence-corrected chi connectivity index (χ0v) is 15.2. The van der Waals surface area contributed by atoms with E-state index >= 15 is 0 Å². The van der Waals surface area contributed by atoms with E-state index < -0.39 is 10.0 Å². The molecule has 1 aromatic heterocycles. The second-order valence-electron chi connectivity index (χ2n) is 5.15. The number of sulfonamides is 1. The van der Waals surface area contributed by atoms with E-state index in [1.807, 2.05) is 25.1 Å². The molecule has 0 aliphatic heterocycles. The molecule has 1 heterocycles. The van der Waals surface area contributed by atoms with Crippen molar-refractivity contribution in [3.8, 4) is 0 Å². The van der Waals surface area contributed by atoms with Gasteiger partial charge in [-0.15, -0.1) is 11.3 Å². The molecule has 0 saturated carbocycles. The molecule has 0 spiro atoms. The van der Waals surface area contributed by atoms with Crippen LogP contribution in [0.15, 0.2) is 64.9 Å². The van der Waals surface area contributed by atoms with E-state index in [2.05, 4.69) is 10.0 Å². The number of thiophene rings is 1. The van der Waals surface area contributed by atoms with Crippen LogP contribution in [0.4, 0.5) is 17.1 Å². The molecule has 3 rings (SSSR count).